The monoisotopic (exact) mass is 298 g/mol. The highest BCUT2D eigenvalue weighted by Crippen LogP contribution is 2.22. The Bertz CT molecular complexity index is 341. The smallest absolute Gasteiger partial charge is 0.225 e. The molecule has 1 aromatic heterocycles. The highest BCUT2D eigenvalue weighted by molar-refractivity contribution is 9.10. The summed E-state index contributed by atoms with van der Waals surface area (Å²) in [7, 11) is 0. The van der Waals surface area contributed by atoms with Crippen molar-refractivity contribution in [3.63, 3.8) is 0 Å². The summed E-state index contributed by atoms with van der Waals surface area (Å²) in [5.74, 6) is 0.856. The van der Waals surface area contributed by atoms with Gasteiger partial charge in [-0.25, -0.2) is 9.97 Å². The molecule has 0 saturated carbocycles. The Kier molecular flexibility index (Phi) is 4.74. The first kappa shape index (κ1) is 12.8. The highest BCUT2D eigenvalue weighted by Gasteiger charge is 2.25. The second kappa shape index (κ2) is 6.31. The third-order valence-corrected chi connectivity index (χ3v) is 3.46. The number of rotatable bonds is 5. The van der Waals surface area contributed by atoms with Crippen LogP contribution in [0.3, 0.4) is 0 Å². The van der Waals surface area contributed by atoms with E-state index in [2.05, 4.69) is 43.0 Å². The number of halogens is 1. The largest absolute Gasteiger partial charge is 0.337 e. The van der Waals surface area contributed by atoms with E-state index in [1.54, 1.807) is 0 Å². The van der Waals surface area contributed by atoms with Crippen molar-refractivity contribution in [1.82, 2.24) is 15.3 Å². The van der Waals surface area contributed by atoms with Crippen molar-refractivity contribution < 1.29 is 0 Å². The lowest BCUT2D eigenvalue weighted by Crippen LogP contribution is -2.39. The van der Waals surface area contributed by atoms with Gasteiger partial charge < -0.3 is 10.2 Å². The molecule has 17 heavy (non-hydrogen) atoms. The standard InChI is InChI=1S/C12H19BrN4/c1-2-5-14-9-11-4-3-6-17(11)12-15-7-10(13)8-16-12/h7-8,11,14H,2-6,9H2,1H3. The van der Waals surface area contributed by atoms with Crippen molar-refractivity contribution in [3.05, 3.63) is 16.9 Å². The van der Waals surface area contributed by atoms with Gasteiger partial charge in [-0.1, -0.05) is 6.92 Å². The first-order valence-electron chi connectivity index (χ1n) is 6.26. The van der Waals surface area contributed by atoms with Gasteiger partial charge in [-0.15, -0.1) is 0 Å². The zero-order chi connectivity index (χ0) is 12.1. The molecular formula is C12H19BrN4. The first-order chi connectivity index (χ1) is 8.31. The lowest BCUT2D eigenvalue weighted by Gasteiger charge is -2.24. The minimum Gasteiger partial charge on any atom is -0.337 e. The van der Waals surface area contributed by atoms with E-state index in [9.17, 15) is 0 Å². The van der Waals surface area contributed by atoms with Gasteiger partial charge in [-0.05, 0) is 41.7 Å². The third-order valence-electron chi connectivity index (χ3n) is 3.05. The topological polar surface area (TPSA) is 41.0 Å². The molecule has 1 aromatic rings. The highest BCUT2D eigenvalue weighted by atomic mass is 79.9. The Hall–Kier alpha value is -0.680. The number of anilines is 1. The molecule has 0 aliphatic carbocycles. The summed E-state index contributed by atoms with van der Waals surface area (Å²) >= 11 is 3.36. The van der Waals surface area contributed by atoms with Crippen LogP contribution >= 0.6 is 15.9 Å². The van der Waals surface area contributed by atoms with Crippen LogP contribution in [0.15, 0.2) is 16.9 Å². The average Bonchev–Trinajstić information content (AvgIpc) is 2.79. The Labute approximate surface area is 111 Å². The molecule has 0 amide bonds. The van der Waals surface area contributed by atoms with Crippen molar-refractivity contribution in [2.75, 3.05) is 24.5 Å². The van der Waals surface area contributed by atoms with Crippen molar-refractivity contribution in [2.24, 2.45) is 0 Å². The van der Waals surface area contributed by atoms with Crippen LogP contribution in [0.25, 0.3) is 0 Å². The van der Waals surface area contributed by atoms with Crippen LogP contribution in [0, 0.1) is 0 Å². The predicted molar refractivity (Wildman–Crippen MR) is 73.3 cm³/mol. The number of hydrogen-bond donors (Lipinski definition) is 1. The number of hydrogen-bond acceptors (Lipinski definition) is 4. The first-order valence-corrected chi connectivity index (χ1v) is 7.05. The average molecular weight is 299 g/mol. The zero-order valence-corrected chi connectivity index (χ0v) is 11.8. The van der Waals surface area contributed by atoms with E-state index in [1.807, 2.05) is 12.4 Å². The SMILES string of the molecule is CCCNCC1CCCN1c1ncc(Br)cn1. The lowest BCUT2D eigenvalue weighted by molar-refractivity contribution is 0.565. The number of aromatic nitrogens is 2. The van der Waals surface area contributed by atoms with Crippen molar-refractivity contribution in [2.45, 2.75) is 32.2 Å². The Morgan fingerprint density at radius 3 is 2.94 bits per heavy atom. The maximum absolute atomic E-state index is 4.38. The summed E-state index contributed by atoms with van der Waals surface area (Å²) < 4.78 is 0.932. The van der Waals surface area contributed by atoms with E-state index >= 15 is 0 Å². The van der Waals surface area contributed by atoms with Gasteiger partial charge in [0.2, 0.25) is 5.95 Å². The summed E-state index contributed by atoms with van der Waals surface area (Å²) in [6.07, 6.45) is 7.28. The van der Waals surface area contributed by atoms with Gasteiger partial charge in [0.1, 0.15) is 0 Å². The van der Waals surface area contributed by atoms with Crippen LogP contribution in [0.4, 0.5) is 5.95 Å². The predicted octanol–water partition coefficient (Wildman–Crippen LogP) is 2.21. The van der Waals surface area contributed by atoms with Gasteiger partial charge >= 0.3 is 0 Å². The Morgan fingerprint density at radius 2 is 2.24 bits per heavy atom. The molecule has 5 heteroatoms. The van der Waals surface area contributed by atoms with Crippen LogP contribution in [-0.4, -0.2) is 35.6 Å². The van der Waals surface area contributed by atoms with E-state index < -0.39 is 0 Å². The van der Waals surface area contributed by atoms with Crippen molar-refractivity contribution >= 4 is 21.9 Å². The van der Waals surface area contributed by atoms with Gasteiger partial charge in [-0.3, -0.25) is 0 Å². The molecule has 1 N–H and O–H groups in total. The molecule has 0 radical (unpaired) electrons. The van der Waals surface area contributed by atoms with Gasteiger partial charge in [0.25, 0.3) is 0 Å². The third kappa shape index (κ3) is 3.39. The number of nitrogens with zero attached hydrogens (tertiary/aromatic N) is 3. The van der Waals surface area contributed by atoms with Crippen molar-refractivity contribution in [3.8, 4) is 0 Å². The van der Waals surface area contributed by atoms with Gasteiger partial charge in [0.15, 0.2) is 0 Å². The minimum atomic E-state index is 0.544. The minimum absolute atomic E-state index is 0.544. The molecule has 1 unspecified atom stereocenters. The van der Waals surface area contributed by atoms with Crippen LogP contribution in [-0.2, 0) is 0 Å². The van der Waals surface area contributed by atoms with Gasteiger partial charge in [-0.2, -0.15) is 0 Å². The maximum atomic E-state index is 4.38. The fraction of sp³-hybridized carbons (Fsp3) is 0.667. The molecule has 1 aliphatic heterocycles. The van der Waals surface area contributed by atoms with E-state index in [0.717, 1.165) is 30.1 Å². The summed E-state index contributed by atoms with van der Waals surface area (Å²) in [4.78, 5) is 11.1. The fourth-order valence-corrected chi connectivity index (χ4v) is 2.42. The second-order valence-corrected chi connectivity index (χ2v) is 5.31. The molecule has 0 aromatic carbocycles. The van der Waals surface area contributed by atoms with E-state index in [1.165, 1.54) is 19.3 Å². The number of nitrogens with one attached hydrogen (secondary N) is 1. The molecule has 1 saturated heterocycles. The molecule has 94 valence electrons. The molecular weight excluding hydrogens is 280 g/mol. The maximum Gasteiger partial charge on any atom is 0.225 e. The van der Waals surface area contributed by atoms with Crippen LogP contribution in [0.2, 0.25) is 0 Å². The normalized spacial score (nSPS) is 19.9. The fourth-order valence-electron chi connectivity index (χ4n) is 2.21. The van der Waals surface area contributed by atoms with E-state index in [-0.39, 0.29) is 0 Å². The van der Waals surface area contributed by atoms with Gasteiger partial charge in [0, 0.05) is 31.5 Å². The molecule has 1 atom stereocenters. The molecule has 0 bridgehead atoms. The Morgan fingerprint density at radius 1 is 1.47 bits per heavy atom. The van der Waals surface area contributed by atoms with E-state index in [0.29, 0.717) is 6.04 Å². The summed E-state index contributed by atoms with van der Waals surface area (Å²) in [6, 6.07) is 0.544. The molecule has 1 fully saturated rings. The van der Waals surface area contributed by atoms with E-state index in [4.69, 9.17) is 0 Å². The lowest BCUT2D eigenvalue weighted by atomic mass is 10.2. The molecule has 0 spiro atoms. The zero-order valence-electron chi connectivity index (χ0n) is 10.2. The van der Waals surface area contributed by atoms with Crippen LogP contribution in [0.1, 0.15) is 26.2 Å². The van der Waals surface area contributed by atoms with Crippen molar-refractivity contribution in [1.29, 1.82) is 0 Å². The van der Waals surface area contributed by atoms with Gasteiger partial charge in [0.05, 0.1) is 4.47 Å². The molecule has 2 rings (SSSR count). The molecule has 2 heterocycles. The van der Waals surface area contributed by atoms with Crippen LogP contribution < -0.4 is 10.2 Å². The van der Waals surface area contributed by atoms with Crippen LogP contribution in [0.5, 0.6) is 0 Å². The summed E-state index contributed by atoms with van der Waals surface area (Å²) in [6.45, 7) is 5.39. The quantitative estimate of drug-likeness (QED) is 0.846. The summed E-state index contributed by atoms with van der Waals surface area (Å²) in [5.41, 5.74) is 0. The second-order valence-electron chi connectivity index (χ2n) is 4.39. The molecule has 4 nitrogen and oxygen atoms in total. The summed E-state index contributed by atoms with van der Waals surface area (Å²) in [5, 5.41) is 3.48. The molecule has 1 aliphatic rings. The Balaban J connectivity index is 1.96.